The average molecular weight is 160 g/mol. The highest BCUT2D eigenvalue weighted by atomic mass is 15.0. The predicted octanol–water partition coefficient (Wildman–Crippen LogP) is 2.23. The summed E-state index contributed by atoms with van der Waals surface area (Å²) in [6, 6.07) is 0.547. The maximum Gasteiger partial charge on any atom is 0.0714 e. The molecule has 0 amide bonds. The molecule has 3 aliphatic rings. The van der Waals surface area contributed by atoms with Crippen LogP contribution in [0.3, 0.4) is 0 Å². The molecule has 1 radical (unpaired) electrons. The number of rotatable bonds is 2. The van der Waals surface area contributed by atoms with Crippen molar-refractivity contribution in [1.82, 2.24) is 5.32 Å². The fraction of sp³-hybridized carbons (Fsp3) is 0.636. The predicted molar refractivity (Wildman–Crippen MR) is 48.6 cm³/mol. The van der Waals surface area contributed by atoms with E-state index < -0.39 is 0 Å². The Morgan fingerprint density at radius 3 is 2.67 bits per heavy atom. The summed E-state index contributed by atoms with van der Waals surface area (Å²) in [5.41, 5.74) is 1.38. The van der Waals surface area contributed by atoms with Gasteiger partial charge in [-0.25, -0.2) is 0 Å². The average Bonchev–Trinajstić information content (AvgIpc) is 2.98. The van der Waals surface area contributed by atoms with E-state index in [9.17, 15) is 0 Å². The molecule has 0 saturated heterocycles. The van der Waals surface area contributed by atoms with Gasteiger partial charge in [0, 0.05) is 11.6 Å². The minimum atomic E-state index is 0.547. The molecule has 2 aliphatic carbocycles. The first-order valence-electron chi connectivity index (χ1n) is 5.03. The van der Waals surface area contributed by atoms with Crippen molar-refractivity contribution < 1.29 is 0 Å². The number of hydrogen-bond donors (Lipinski definition) is 0. The Hall–Kier alpha value is -0.720. The summed E-state index contributed by atoms with van der Waals surface area (Å²) < 4.78 is 0. The Bertz CT molecular complexity index is 244. The first-order chi connectivity index (χ1) is 5.93. The zero-order chi connectivity index (χ0) is 7.97. The van der Waals surface area contributed by atoms with Gasteiger partial charge in [-0.1, -0.05) is 12.2 Å². The molecular weight excluding hydrogens is 146 g/mol. The van der Waals surface area contributed by atoms with Crippen molar-refractivity contribution in [3.05, 3.63) is 23.9 Å². The summed E-state index contributed by atoms with van der Waals surface area (Å²) in [5, 5.41) is 4.78. The van der Waals surface area contributed by atoms with Crippen LogP contribution >= 0.6 is 0 Å². The lowest BCUT2D eigenvalue weighted by atomic mass is 10.1. The second-order valence-electron chi connectivity index (χ2n) is 4.21. The standard InChI is InChI=1S/C11H14N/c1-2-10(8-4-5-8)12-11(3-1)9-6-7-9/h1-3,8-10H,4-7H2. The number of nitrogens with zero attached hydrogens (tertiary/aromatic N) is 1. The van der Waals surface area contributed by atoms with Gasteiger partial charge in [-0.3, -0.25) is 5.32 Å². The third-order valence-electron chi connectivity index (χ3n) is 2.97. The van der Waals surface area contributed by atoms with Gasteiger partial charge in [0.2, 0.25) is 0 Å². The van der Waals surface area contributed by atoms with Crippen LogP contribution in [-0.4, -0.2) is 6.04 Å². The van der Waals surface area contributed by atoms with Crippen molar-refractivity contribution in [3.8, 4) is 0 Å². The van der Waals surface area contributed by atoms with Gasteiger partial charge in [0.1, 0.15) is 0 Å². The van der Waals surface area contributed by atoms with Gasteiger partial charge in [-0.15, -0.1) is 0 Å². The lowest BCUT2D eigenvalue weighted by molar-refractivity contribution is 0.561. The van der Waals surface area contributed by atoms with Crippen LogP contribution in [0.5, 0.6) is 0 Å². The van der Waals surface area contributed by atoms with E-state index in [4.69, 9.17) is 5.32 Å². The molecule has 0 N–H and O–H groups in total. The molecule has 12 heavy (non-hydrogen) atoms. The molecule has 1 atom stereocenters. The summed E-state index contributed by atoms with van der Waals surface area (Å²) in [6.45, 7) is 0. The van der Waals surface area contributed by atoms with Crippen LogP contribution in [-0.2, 0) is 0 Å². The molecule has 1 unspecified atom stereocenters. The summed E-state index contributed by atoms with van der Waals surface area (Å²) in [5.74, 6) is 1.72. The van der Waals surface area contributed by atoms with E-state index in [2.05, 4.69) is 18.2 Å². The molecule has 1 nitrogen and oxygen atoms in total. The quantitative estimate of drug-likeness (QED) is 0.588. The Kier molecular flexibility index (Phi) is 1.34. The maximum absolute atomic E-state index is 4.78. The van der Waals surface area contributed by atoms with Gasteiger partial charge in [-0.05, 0) is 37.7 Å². The largest absolute Gasteiger partial charge is 0.282 e. The van der Waals surface area contributed by atoms with E-state index in [0.717, 1.165) is 11.8 Å². The Morgan fingerprint density at radius 2 is 2.00 bits per heavy atom. The Labute approximate surface area is 73.5 Å². The van der Waals surface area contributed by atoms with Crippen LogP contribution in [0, 0.1) is 11.8 Å². The second-order valence-corrected chi connectivity index (χ2v) is 4.21. The monoisotopic (exact) mass is 160 g/mol. The van der Waals surface area contributed by atoms with Crippen molar-refractivity contribution in [2.45, 2.75) is 31.7 Å². The van der Waals surface area contributed by atoms with Crippen molar-refractivity contribution in [2.24, 2.45) is 11.8 Å². The van der Waals surface area contributed by atoms with Gasteiger partial charge in [-0.2, -0.15) is 0 Å². The maximum atomic E-state index is 4.78. The first-order valence-corrected chi connectivity index (χ1v) is 5.03. The molecular formula is C11H14N. The zero-order valence-electron chi connectivity index (χ0n) is 7.24. The normalized spacial score (nSPS) is 34.3. The van der Waals surface area contributed by atoms with E-state index in [1.807, 2.05) is 0 Å². The molecule has 0 aromatic heterocycles. The lowest BCUT2D eigenvalue weighted by Gasteiger charge is -2.17. The smallest absolute Gasteiger partial charge is 0.0714 e. The molecule has 1 aliphatic heterocycles. The molecule has 0 bridgehead atoms. The van der Waals surface area contributed by atoms with Gasteiger partial charge in [0.05, 0.1) is 6.04 Å². The van der Waals surface area contributed by atoms with Crippen LogP contribution in [0.2, 0.25) is 0 Å². The molecule has 2 saturated carbocycles. The highest BCUT2D eigenvalue weighted by molar-refractivity contribution is 5.25. The van der Waals surface area contributed by atoms with E-state index in [0.29, 0.717) is 6.04 Å². The molecule has 3 rings (SSSR count). The molecule has 1 heterocycles. The van der Waals surface area contributed by atoms with Crippen LogP contribution in [0.25, 0.3) is 0 Å². The highest BCUT2D eigenvalue weighted by Gasteiger charge is 2.35. The van der Waals surface area contributed by atoms with Crippen LogP contribution in [0.15, 0.2) is 23.9 Å². The summed E-state index contributed by atoms with van der Waals surface area (Å²) in [6.07, 6.45) is 12.2. The minimum Gasteiger partial charge on any atom is -0.282 e. The van der Waals surface area contributed by atoms with Crippen LogP contribution < -0.4 is 5.32 Å². The molecule has 0 spiro atoms. The SMILES string of the molecule is C1=CC(C2CC2)[N]C(C2CC2)=C1. The van der Waals surface area contributed by atoms with E-state index in [1.165, 1.54) is 31.4 Å². The number of allylic oxidation sites excluding steroid dienone is 3. The van der Waals surface area contributed by atoms with Gasteiger partial charge in [0.25, 0.3) is 0 Å². The topological polar surface area (TPSA) is 14.1 Å². The van der Waals surface area contributed by atoms with Crippen LogP contribution in [0.4, 0.5) is 0 Å². The first kappa shape index (κ1) is 6.76. The second kappa shape index (κ2) is 2.38. The number of hydrogen-bond acceptors (Lipinski definition) is 0. The third kappa shape index (κ3) is 1.17. The summed E-state index contributed by atoms with van der Waals surface area (Å²) >= 11 is 0. The van der Waals surface area contributed by atoms with Gasteiger partial charge in [0.15, 0.2) is 0 Å². The van der Waals surface area contributed by atoms with Crippen molar-refractivity contribution in [3.63, 3.8) is 0 Å². The zero-order valence-corrected chi connectivity index (χ0v) is 7.24. The van der Waals surface area contributed by atoms with E-state index >= 15 is 0 Å². The van der Waals surface area contributed by atoms with Crippen molar-refractivity contribution in [1.29, 1.82) is 0 Å². The van der Waals surface area contributed by atoms with Crippen molar-refractivity contribution in [2.75, 3.05) is 0 Å². The van der Waals surface area contributed by atoms with Gasteiger partial charge >= 0.3 is 0 Å². The lowest BCUT2D eigenvalue weighted by Crippen LogP contribution is -2.24. The molecule has 0 aromatic rings. The van der Waals surface area contributed by atoms with Crippen molar-refractivity contribution >= 4 is 0 Å². The third-order valence-corrected chi connectivity index (χ3v) is 2.97. The fourth-order valence-electron chi connectivity index (χ4n) is 1.85. The van der Waals surface area contributed by atoms with Crippen LogP contribution in [0.1, 0.15) is 25.7 Å². The summed E-state index contributed by atoms with van der Waals surface area (Å²) in [4.78, 5) is 0. The molecule has 1 heteroatoms. The highest BCUT2D eigenvalue weighted by Crippen LogP contribution is 2.40. The Morgan fingerprint density at radius 1 is 1.17 bits per heavy atom. The fourth-order valence-corrected chi connectivity index (χ4v) is 1.85. The molecule has 0 aromatic carbocycles. The minimum absolute atomic E-state index is 0.547. The Balaban J connectivity index is 1.71. The summed E-state index contributed by atoms with van der Waals surface area (Å²) in [7, 11) is 0. The molecule has 63 valence electrons. The van der Waals surface area contributed by atoms with E-state index in [1.54, 1.807) is 0 Å². The molecule has 2 fully saturated rings. The van der Waals surface area contributed by atoms with Gasteiger partial charge < -0.3 is 0 Å². The van der Waals surface area contributed by atoms with E-state index in [-0.39, 0.29) is 0 Å².